The molecule has 1 aromatic carbocycles. The van der Waals surface area contributed by atoms with E-state index in [9.17, 15) is 14.4 Å². The van der Waals surface area contributed by atoms with Gasteiger partial charge in [-0.2, -0.15) is 0 Å². The number of benzene rings is 1. The Morgan fingerprint density at radius 1 is 1.09 bits per heavy atom. The fourth-order valence-electron chi connectivity index (χ4n) is 5.87. The first-order chi connectivity index (χ1) is 15.3. The van der Waals surface area contributed by atoms with Crippen molar-refractivity contribution in [1.29, 1.82) is 0 Å². The fourth-order valence-corrected chi connectivity index (χ4v) is 5.87. The molecule has 1 saturated heterocycles. The number of amides is 3. The molecule has 0 aromatic heterocycles. The largest absolute Gasteiger partial charge is 0.322 e. The topological polar surface area (TPSA) is 78.5 Å². The van der Waals surface area contributed by atoms with Gasteiger partial charge in [0.05, 0.1) is 0 Å². The third-order valence-electron chi connectivity index (χ3n) is 7.32. The Balaban J connectivity index is 1.43. The standard InChI is InChI=1S/C26H37N3O3/c1-16(2)12-17(3)27-22-7-5-4-6-19(22)13-18-8-9-21-20(14-18)15-29(26(21)32)23-10-11-24(30)28-25(23)31/h8-9,14,16-17,19,22-23,27H,4-7,10-13,15H2,1-3H3,(H,28,30,31)/t17?,19-,22?,23?/m1/s1. The van der Waals surface area contributed by atoms with Crippen molar-refractivity contribution >= 4 is 17.7 Å². The molecule has 0 spiro atoms. The minimum Gasteiger partial charge on any atom is -0.322 e. The van der Waals surface area contributed by atoms with E-state index in [1.165, 1.54) is 37.7 Å². The Bertz CT molecular complexity index is 881. The van der Waals surface area contributed by atoms with Crippen LogP contribution in [0.3, 0.4) is 0 Å². The van der Waals surface area contributed by atoms with E-state index in [4.69, 9.17) is 0 Å². The first-order valence-corrected chi connectivity index (χ1v) is 12.3. The van der Waals surface area contributed by atoms with Crippen molar-refractivity contribution in [3.05, 3.63) is 34.9 Å². The zero-order valence-corrected chi connectivity index (χ0v) is 19.7. The van der Waals surface area contributed by atoms with Gasteiger partial charge in [0, 0.05) is 30.6 Å². The highest BCUT2D eigenvalue weighted by molar-refractivity contribution is 6.05. The van der Waals surface area contributed by atoms with E-state index in [0.29, 0.717) is 42.4 Å². The van der Waals surface area contributed by atoms with Crippen LogP contribution in [0.15, 0.2) is 18.2 Å². The molecule has 3 aliphatic rings. The normalized spacial score (nSPS) is 26.9. The molecule has 4 rings (SSSR count). The quantitative estimate of drug-likeness (QED) is 0.637. The number of imide groups is 1. The van der Waals surface area contributed by atoms with Gasteiger partial charge in [-0.15, -0.1) is 0 Å². The third-order valence-corrected chi connectivity index (χ3v) is 7.32. The van der Waals surface area contributed by atoms with Crippen molar-refractivity contribution in [2.75, 3.05) is 0 Å². The molecule has 2 N–H and O–H groups in total. The number of carbonyl (C=O) groups excluding carboxylic acids is 3. The molecule has 1 saturated carbocycles. The van der Waals surface area contributed by atoms with Gasteiger partial charge in [0.15, 0.2) is 0 Å². The predicted molar refractivity (Wildman–Crippen MR) is 124 cm³/mol. The molecule has 0 radical (unpaired) electrons. The number of carbonyl (C=O) groups is 3. The van der Waals surface area contributed by atoms with E-state index in [0.717, 1.165) is 12.0 Å². The molecule has 4 atom stereocenters. The summed E-state index contributed by atoms with van der Waals surface area (Å²) in [4.78, 5) is 38.3. The first kappa shape index (κ1) is 23.0. The van der Waals surface area contributed by atoms with E-state index in [2.05, 4.69) is 43.5 Å². The molecule has 1 aliphatic carbocycles. The van der Waals surface area contributed by atoms with E-state index >= 15 is 0 Å². The van der Waals surface area contributed by atoms with Gasteiger partial charge in [-0.25, -0.2) is 0 Å². The van der Waals surface area contributed by atoms with Gasteiger partial charge in [-0.1, -0.05) is 38.8 Å². The van der Waals surface area contributed by atoms with Crippen molar-refractivity contribution in [2.24, 2.45) is 11.8 Å². The molecule has 2 heterocycles. The maximum absolute atomic E-state index is 12.9. The summed E-state index contributed by atoms with van der Waals surface area (Å²) in [5.41, 5.74) is 2.98. The van der Waals surface area contributed by atoms with Gasteiger partial charge < -0.3 is 10.2 Å². The summed E-state index contributed by atoms with van der Waals surface area (Å²) in [6.07, 6.45) is 7.96. The number of hydrogen-bond acceptors (Lipinski definition) is 4. The Hall–Kier alpha value is -2.21. The molecule has 3 unspecified atom stereocenters. The van der Waals surface area contributed by atoms with Gasteiger partial charge in [0.1, 0.15) is 6.04 Å². The molecule has 2 aliphatic heterocycles. The maximum atomic E-state index is 12.9. The zero-order chi connectivity index (χ0) is 22.8. The van der Waals surface area contributed by atoms with Crippen LogP contribution >= 0.6 is 0 Å². The summed E-state index contributed by atoms with van der Waals surface area (Å²) in [5.74, 6) is 0.604. The second-order valence-electron chi connectivity index (χ2n) is 10.4. The van der Waals surface area contributed by atoms with E-state index in [1.807, 2.05) is 6.07 Å². The minimum absolute atomic E-state index is 0.0965. The number of fused-ring (bicyclic) bond motifs is 1. The summed E-state index contributed by atoms with van der Waals surface area (Å²) >= 11 is 0. The van der Waals surface area contributed by atoms with Crippen LogP contribution in [0.1, 0.15) is 87.2 Å². The number of nitrogens with zero attached hydrogens (tertiary/aromatic N) is 1. The monoisotopic (exact) mass is 439 g/mol. The molecule has 32 heavy (non-hydrogen) atoms. The average molecular weight is 440 g/mol. The van der Waals surface area contributed by atoms with Crippen LogP contribution in [0.2, 0.25) is 0 Å². The van der Waals surface area contributed by atoms with Gasteiger partial charge >= 0.3 is 0 Å². The highest BCUT2D eigenvalue weighted by atomic mass is 16.2. The molecule has 0 bridgehead atoms. The minimum atomic E-state index is -0.551. The summed E-state index contributed by atoms with van der Waals surface area (Å²) in [6.45, 7) is 7.31. The molecule has 6 nitrogen and oxygen atoms in total. The lowest BCUT2D eigenvalue weighted by molar-refractivity contribution is -0.136. The van der Waals surface area contributed by atoms with Gasteiger partial charge in [0.2, 0.25) is 11.8 Å². The Labute approximate surface area is 191 Å². The van der Waals surface area contributed by atoms with Crippen molar-refractivity contribution in [3.8, 4) is 0 Å². The smallest absolute Gasteiger partial charge is 0.255 e. The molecular formula is C26H37N3O3. The van der Waals surface area contributed by atoms with Crippen molar-refractivity contribution in [2.45, 2.75) is 96.8 Å². The summed E-state index contributed by atoms with van der Waals surface area (Å²) in [7, 11) is 0. The molecule has 3 amide bonds. The highest BCUT2D eigenvalue weighted by Gasteiger charge is 2.39. The van der Waals surface area contributed by atoms with Crippen LogP contribution in [-0.2, 0) is 22.6 Å². The number of nitrogens with one attached hydrogen (secondary N) is 2. The fraction of sp³-hybridized carbons (Fsp3) is 0.654. The van der Waals surface area contributed by atoms with E-state index < -0.39 is 6.04 Å². The van der Waals surface area contributed by atoms with Crippen molar-refractivity contribution in [1.82, 2.24) is 15.5 Å². The number of piperidine rings is 1. The summed E-state index contributed by atoms with van der Waals surface area (Å²) < 4.78 is 0. The van der Waals surface area contributed by atoms with E-state index in [-0.39, 0.29) is 24.1 Å². The lowest BCUT2D eigenvalue weighted by atomic mass is 9.80. The highest BCUT2D eigenvalue weighted by Crippen LogP contribution is 2.32. The van der Waals surface area contributed by atoms with Crippen molar-refractivity contribution < 1.29 is 14.4 Å². The van der Waals surface area contributed by atoms with Crippen LogP contribution in [0.5, 0.6) is 0 Å². The predicted octanol–water partition coefficient (Wildman–Crippen LogP) is 3.57. The molecule has 6 heteroatoms. The SMILES string of the molecule is CC(C)CC(C)NC1CCCC[C@@H]1Cc1ccc2c(c1)CN(C1CCC(=O)NC1=O)C2=O. The van der Waals surface area contributed by atoms with Crippen LogP contribution in [0.25, 0.3) is 0 Å². The van der Waals surface area contributed by atoms with Crippen LogP contribution < -0.4 is 10.6 Å². The Morgan fingerprint density at radius 3 is 2.62 bits per heavy atom. The van der Waals surface area contributed by atoms with E-state index in [1.54, 1.807) is 4.90 Å². The second kappa shape index (κ2) is 9.74. The van der Waals surface area contributed by atoms with Crippen LogP contribution in [-0.4, -0.2) is 40.7 Å². The Morgan fingerprint density at radius 2 is 1.88 bits per heavy atom. The molecule has 1 aromatic rings. The molecule has 2 fully saturated rings. The Kier molecular flexibility index (Phi) is 6.99. The average Bonchev–Trinajstić information content (AvgIpc) is 3.04. The van der Waals surface area contributed by atoms with Crippen molar-refractivity contribution in [3.63, 3.8) is 0 Å². The summed E-state index contributed by atoms with van der Waals surface area (Å²) in [5, 5.41) is 6.28. The summed E-state index contributed by atoms with van der Waals surface area (Å²) in [6, 6.07) is 6.72. The second-order valence-corrected chi connectivity index (χ2v) is 10.4. The third kappa shape index (κ3) is 5.06. The molecule has 174 valence electrons. The van der Waals surface area contributed by atoms with Crippen LogP contribution in [0.4, 0.5) is 0 Å². The number of rotatable bonds is 7. The lowest BCUT2D eigenvalue weighted by Crippen LogP contribution is -2.52. The number of hydrogen-bond donors (Lipinski definition) is 2. The van der Waals surface area contributed by atoms with Gasteiger partial charge in [-0.3, -0.25) is 19.7 Å². The first-order valence-electron chi connectivity index (χ1n) is 12.3. The lowest BCUT2D eigenvalue weighted by Gasteiger charge is -2.35. The van der Waals surface area contributed by atoms with Gasteiger partial charge in [-0.05, 0) is 68.1 Å². The molecular weight excluding hydrogens is 402 g/mol. The van der Waals surface area contributed by atoms with Crippen LogP contribution in [0, 0.1) is 11.8 Å². The maximum Gasteiger partial charge on any atom is 0.255 e. The zero-order valence-electron chi connectivity index (χ0n) is 19.7. The van der Waals surface area contributed by atoms with Gasteiger partial charge in [0.25, 0.3) is 5.91 Å².